The van der Waals surface area contributed by atoms with Crippen LogP contribution in [-0.2, 0) is 0 Å². The number of benzene rings is 1. The van der Waals surface area contributed by atoms with Gasteiger partial charge in [-0.05, 0) is 23.0 Å². The van der Waals surface area contributed by atoms with E-state index < -0.39 is 0 Å². The van der Waals surface area contributed by atoms with E-state index in [2.05, 4.69) is 38.7 Å². The molecule has 0 aliphatic heterocycles. The molecule has 1 aromatic carbocycles. The minimum Gasteiger partial charge on any atom is -0.360 e. The first-order valence-electron chi connectivity index (χ1n) is 6.86. The van der Waals surface area contributed by atoms with Crippen molar-refractivity contribution in [2.24, 2.45) is 16.7 Å². The van der Waals surface area contributed by atoms with E-state index in [0.717, 1.165) is 16.5 Å². The van der Waals surface area contributed by atoms with Crippen LogP contribution in [0.15, 0.2) is 24.4 Å². The highest BCUT2D eigenvalue weighted by molar-refractivity contribution is 6.10. The lowest BCUT2D eigenvalue weighted by atomic mass is 10.0. The zero-order valence-corrected chi connectivity index (χ0v) is 12.2. The molecule has 0 atom stereocenters. The summed E-state index contributed by atoms with van der Waals surface area (Å²) in [5, 5.41) is 9.83. The van der Waals surface area contributed by atoms with E-state index in [9.17, 15) is 4.79 Å². The standard InChI is InChI=1S/C17H18N2O/c1-16(2)15(17(16,3)4)14(20)12-9-19-13-7-10(8-18)5-6-11(12)13/h5-7,9,15,19H,1-4H3. The van der Waals surface area contributed by atoms with Crippen molar-refractivity contribution in [2.75, 3.05) is 0 Å². The molecule has 1 fully saturated rings. The molecule has 2 aromatic rings. The summed E-state index contributed by atoms with van der Waals surface area (Å²) in [6.07, 6.45) is 1.78. The Balaban J connectivity index is 2.05. The number of carbonyl (C=O) groups excluding carboxylic acids is 1. The van der Waals surface area contributed by atoms with Crippen molar-refractivity contribution in [3.05, 3.63) is 35.5 Å². The Morgan fingerprint density at radius 2 is 1.90 bits per heavy atom. The molecule has 0 unspecified atom stereocenters. The van der Waals surface area contributed by atoms with E-state index in [1.165, 1.54) is 0 Å². The predicted octanol–water partition coefficient (Wildman–Crippen LogP) is 3.90. The minimum absolute atomic E-state index is 0.0419. The van der Waals surface area contributed by atoms with E-state index in [4.69, 9.17) is 5.26 Å². The van der Waals surface area contributed by atoms with Crippen LogP contribution in [0, 0.1) is 28.1 Å². The lowest BCUT2D eigenvalue weighted by molar-refractivity contribution is 0.0947. The Hall–Kier alpha value is -2.08. The summed E-state index contributed by atoms with van der Waals surface area (Å²) in [5.74, 6) is 0.264. The van der Waals surface area contributed by atoms with E-state index in [1.54, 1.807) is 18.3 Å². The zero-order valence-electron chi connectivity index (χ0n) is 12.2. The molecule has 1 heterocycles. The number of aromatic nitrogens is 1. The van der Waals surface area contributed by atoms with Gasteiger partial charge in [0.2, 0.25) is 0 Å². The third-order valence-corrected chi connectivity index (χ3v) is 5.36. The van der Waals surface area contributed by atoms with Crippen molar-refractivity contribution in [3.63, 3.8) is 0 Å². The average Bonchev–Trinajstić information content (AvgIpc) is 2.73. The Morgan fingerprint density at radius 3 is 2.45 bits per heavy atom. The molecule has 0 bridgehead atoms. The van der Waals surface area contributed by atoms with Crippen LogP contribution in [0.1, 0.15) is 43.6 Å². The van der Waals surface area contributed by atoms with Gasteiger partial charge in [0.05, 0.1) is 11.6 Å². The number of H-pyrrole nitrogens is 1. The van der Waals surface area contributed by atoms with Crippen LogP contribution in [-0.4, -0.2) is 10.8 Å². The molecule has 3 heteroatoms. The first-order valence-corrected chi connectivity index (χ1v) is 6.86. The van der Waals surface area contributed by atoms with Crippen LogP contribution in [0.4, 0.5) is 0 Å². The first-order chi connectivity index (χ1) is 9.30. The van der Waals surface area contributed by atoms with Crippen LogP contribution < -0.4 is 0 Å². The van der Waals surface area contributed by atoms with Gasteiger partial charge in [-0.3, -0.25) is 4.79 Å². The maximum Gasteiger partial charge on any atom is 0.169 e. The second-order valence-electron chi connectivity index (χ2n) is 6.82. The van der Waals surface area contributed by atoms with Crippen molar-refractivity contribution >= 4 is 16.7 Å². The molecular weight excluding hydrogens is 248 g/mol. The van der Waals surface area contributed by atoms with Gasteiger partial charge < -0.3 is 4.98 Å². The van der Waals surface area contributed by atoms with Crippen molar-refractivity contribution in [3.8, 4) is 6.07 Å². The summed E-state index contributed by atoms with van der Waals surface area (Å²) in [5.41, 5.74) is 2.28. The summed E-state index contributed by atoms with van der Waals surface area (Å²) < 4.78 is 0. The normalized spacial score (nSPS) is 19.8. The SMILES string of the molecule is CC1(C)C(C(=O)c2c[nH]c3cc(C#N)ccc23)C1(C)C. The molecule has 1 saturated carbocycles. The third-order valence-electron chi connectivity index (χ3n) is 5.36. The van der Waals surface area contributed by atoms with E-state index in [1.807, 2.05) is 6.07 Å². The van der Waals surface area contributed by atoms with Gasteiger partial charge in [-0.25, -0.2) is 0 Å². The van der Waals surface area contributed by atoms with Crippen molar-refractivity contribution in [1.82, 2.24) is 4.98 Å². The monoisotopic (exact) mass is 266 g/mol. The van der Waals surface area contributed by atoms with E-state index in [-0.39, 0.29) is 22.5 Å². The number of Topliss-reactive ketones (excluding diaryl/α,β-unsaturated/α-hetero) is 1. The Labute approximate surface area is 118 Å². The van der Waals surface area contributed by atoms with Gasteiger partial charge in [0.15, 0.2) is 5.78 Å². The molecular formula is C17H18N2O. The largest absolute Gasteiger partial charge is 0.360 e. The molecule has 1 aromatic heterocycles. The highest BCUT2D eigenvalue weighted by Crippen LogP contribution is 2.69. The van der Waals surface area contributed by atoms with Gasteiger partial charge in [-0.15, -0.1) is 0 Å². The third kappa shape index (κ3) is 1.48. The number of carbonyl (C=O) groups is 1. The Kier molecular flexibility index (Phi) is 2.41. The maximum atomic E-state index is 12.8. The second kappa shape index (κ2) is 3.73. The van der Waals surface area contributed by atoms with Gasteiger partial charge in [0.25, 0.3) is 0 Å². The van der Waals surface area contributed by atoms with Gasteiger partial charge in [0.1, 0.15) is 0 Å². The molecule has 1 N–H and O–H groups in total. The smallest absolute Gasteiger partial charge is 0.169 e. The number of hydrogen-bond acceptors (Lipinski definition) is 2. The molecule has 102 valence electrons. The van der Waals surface area contributed by atoms with Gasteiger partial charge in [-0.1, -0.05) is 33.8 Å². The molecule has 20 heavy (non-hydrogen) atoms. The number of nitrogens with zero attached hydrogens (tertiary/aromatic N) is 1. The predicted molar refractivity (Wildman–Crippen MR) is 78.4 cm³/mol. The quantitative estimate of drug-likeness (QED) is 0.838. The fraction of sp³-hybridized carbons (Fsp3) is 0.412. The molecule has 0 spiro atoms. The molecule has 1 aliphatic carbocycles. The van der Waals surface area contributed by atoms with Gasteiger partial charge in [-0.2, -0.15) is 5.26 Å². The fourth-order valence-electron chi connectivity index (χ4n) is 3.41. The minimum atomic E-state index is 0.0419. The number of nitriles is 1. The number of hydrogen-bond donors (Lipinski definition) is 1. The summed E-state index contributed by atoms with van der Waals surface area (Å²) >= 11 is 0. The maximum absolute atomic E-state index is 12.8. The van der Waals surface area contributed by atoms with Crippen LogP contribution in [0.3, 0.4) is 0 Å². The molecule has 3 rings (SSSR count). The molecule has 0 radical (unpaired) electrons. The molecule has 3 nitrogen and oxygen atoms in total. The van der Waals surface area contributed by atoms with E-state index in [0.29, 0.717) is 5.56 Å². The highest BCUT2D eigenvalue weighted by atomic mass is 16.1. The lowest BCUT2D eigenvalue weighted by Crippen LogP contribution is -2.06. The van der Waals surface area contributed by atoms with Crippen LogP contribution in [0.5, 0.6) is 0 Å². The zero-order chi connectivity index (χ0) is 14.7. The van der Waals surface area contributed by atoms with Crippen LogP contribution in [0.25, 0.3) is 10.9 Å². The number of rotatable bonds is 2. The summed E-state index contributed by atoms with van der Waals surface area (Å²) in [4.78, 5) is 15.9. The molecule has 0 amide bonds. The van der Waals surface area contributed by atoms with Gasteiger partial charge >= 0.3 is 0 Å². The van der Waals surface area contributed by atoms with E-state index >= 15 is 0 Å². The Bertz CT molecular complexity index is 745. The number of fused-ring (bicyclic) bond motifs is 1. The van der Waals surface area contributed by atoms with Crippen LogP contribution >= 0.6 is 0 Å². The summed E-state index contributed by atoms with van der Waals surface area (Å²) in [7, 11) is 0. The van der Waals surface area contributed by atoms with Gasteiger partial charge in [0, 0.05) is 28.6 Å². The van der Waals surface area contributed by atoms with Crippen molar-refractivity contribution < 1.29 is 4.79 Å². The average molecular weight is 266 g/mol. The second-order valence-corrected chi connectivity index (χ2v) is 6.82. The van der Waals surface area contributed by atoms with Crippen molar-refractivity contribution in [1.29, 1.82) is 5.26 Å². The number of ketones is 1. The first kappa shape index (κ1) is 12.9. The Morgan fingerprint density at radius 1 is 1.25 bits per heavy atom. The fourth-order valence-corrected chi connectivity index (χ4v) is 3.41. The molecule has 1 aliphatic rings. The summed E-state index contributed by atoms with van der Waals surface area (Å²) in [6, 6.07) is 7.52. The lowest BCUT2D eigenvalue weighted by Gasteiger charge is -2.03. The highest BCUT2D eigenvalue weighted by Gasteiger charge is 2.68. The number of nitrogens with one attached hydrogen (secondary N) is 1. The number of aromatic amines is 1. The van der Waals surface area contributed by atoms with Crippen molar-refractivity contribution in [2.45, 2.75) is 27.7 Å². The molecule has 0 saturated heterocycles. The van der Waals surface area contributed by atoms with Crippen LogP contribution in [0.2, 0.25) is 0 Å². The topological polar surface area (TPSA) is 56.6 Å². The summed E-state index contributed by atoms with van der Waals surface area (Å²) in [6.45, 7) is 8.60.